The summed E-state index contributed by atoms with van der Waals surface area (Å²) >= 11 is 10.0. The van der Waals surface area contributed by atoms with Gasteiger partial charge in [0.25, 0.3) is 0 Å². The molecular formula is C25H21BrClN3O5. The van der Waals surface area contributed by atoms with E-state index in [4.69, 9.17) is 20.8 Å². The number of esters is 1. The Morgan fingerprint density at radius 1 is 1.23 bits per heavy atom. The molecule has 0 aliphatic rings. The van der Waals surface area contributed by atoms with E-state index in [9.17, 15) is 9.59 Å². The van der Waals surface area contributed by atoms with Crippen LogP contribution in [0.25, 0.3) is 17.0 Å². The van der Waals surface area contributed by atoms with Crippen LogP contribution in [0.4, 0.5) is 4.79 Å². The fraction of sp³-hybridized carbons (Fsp3) is 0.160. The molecule has 0 saturated heterocycles. The number of benzene rings is 2. The van der Waals surface area contributed by atoms with Crippen molar-refractivity contribution in [1.82, 2.24) is 14.9 Å². The number of oxazole rings is 1. The predicted octanol–water partition coefficient (Wildman–Crippen LogP) is 5.82. The van der Waals surface area contributed by atoms with E-state index in [0.717, 1.165) is 26.5 Å². The molecule has 4 aromatic rings. The van der Waals surface area contributed by atoms with E-state index in [0.29, 0.717) is 11.6 Å². The number of alkyl carbamates (subject to hydrolysis) is 1. The minimum absolute atomic E-state index is 0.0271. The van der Waals surface area contributed by atoms with E-state index >= 15 is 0 Å². The first-order valence-corrected chi connectivity index (χ1v) is 11.7. The van der Waals surface area contributed by atoms with Crippen LogP contribution in [-0.2, 0) is 22.6 Å². The number of amides is 1. The van der Waals surface area contributed by atoms with E-state index in [1.165, 1.54) is 19.4 Å². The third kappa shape index (κ3) is 6.12. The van der Waals surface area contributed by atoms with Crippen molar-refractivity contribution in [3.63, 3.8) is 0 Å². The van der Waals surface area contributed by atoms with Crippen molar-refractivity contribution in [2.75, 3.05) is 13.7 Å². The molecule has 1 N–H and O–H groups in total. The molecule has 0 aliphatic carbocycles. The van der Waals surface area contributed by atoms with Crippen molar-refractivity contribution in [1.29, 1.82) is 0 Å². The van der Waals surface area contributed by atoms with Crippen LogP contribution in [0.3, 0.4) is 0 Å². The number of nitrogens with zero attached hydrogens (tertiary/aromatic N) is 2. The topological polar surface area (TPSA) is 95.6 Å². The van der Waals surface area contributed by atoms with Gasteiger partial charge >= 0.3 is 12.1 Å². The first-order chi connectivity index (χ1) is 16.9. The van der Waals surface area contributed by atoms with Crippen LogP contribution in [0, 0.1) is 0 Å². The number of hydrogen-bond acceptors (Lipinski definition) is 6. The van der Waals surface area contributed by atoms with E-state index in [2.05, 4.69) is 35.5 Å². The number of rotatable bonds is 8. The lowest BCUT2D eigenvalue weighted by Gasteiger charge is -2.08. The molecule has 8 nitrogen and oxygen atoms in total. The zero-order valence-corrected chi connectivity index (χ0v) is 21.0. The van der Waals surface area contributed by atoms with Crippen molar-refractivity contribution in [2.24, 2.45) is 0 Å². The maximum absolute atomic E-state index is 12.5. The molecule has 180 valence electrons. The molecule has 0 aliphatic heterocycles. The highest BCUT2D eigenvalue weighted by Gasteiger charge is 2.16. The van der Waals surface area contributed by atoms with Gasteiger partial charge in [0.1, 0.15) is 12.9 Å². The first-order valence-electron chi connectivity index (χ1n) is 10.6. The second-order valence-electron chi connectivity index (χ2n) is 7.46. The fourth-order valence-electron chi connectivity index (χ4n) is 3.46. The number of fused-ring (bicyclic) bond motifs is 1. The third-order valence-electron chi connectivity index (χ3n) is 5.11. The summed E-state index contributed by atoms with van der Waals surface area (Å²) < 4.78 is 18.3. The average Bonchev–Trinajstić information content (AvgIpc) is 3.46. The molecule has 0 saturated carbocycles. The van der Waals surface area contributed by atoms with Crippen LogP contribution >= 0.6 is 27.5 Å². The summed E-state index contributed by atoms with van der Waals surface area (Å²) in [7, 11) is 1.28. The average molecular weight is 559 g/mol. The summed E-state index contributed by atoms with van der Waals surface area (Å²) in [6, 6.07) is 13.9. The summed E-state index contributed by atoms with van der Waals surface area (Å²) in [4.78, 5) is 27.6. The Morgan fingerprint density at radius 3 is 2.80 bits per heavy atom. The molecule has 2 aromatic carbocycles. The zero-order chi connectivity index (χ0) is 24.8. The molecule has 0 unspecified atom stereocenters. The maximum Gasteiger partial charge on any atom is 0.407 e. The van der Waals surface area contributed by atoms with E-state index < -0.39 is 12.1 Å². The number of halogens is 2. The monoisotopic (exact) mass is 557 g/mol. The Balaban J connectivity index is 1.42. The molecule has 35 heavy (non-hydrogen) atoms. The Kier molecular flexibility index (Phi) is 7.89. The molecule has 0 radical (unpaired) electrons. The highest BCUT2D eigenvalue weighted by Crippen LogP contribution is 2.30. The van der Waals surface area contributed by atoms with Gasteiger partial charge in [-0.2, -0.15) is 0 Å². The quantitative estimate of drug-likeness (QED) is 0.274. The summed E-state index contributed by atoms with van der Waals surface area (Å²) in [5.41, 5.74) is 2.90. The van der Waals surface area contributed by atoms with Crippen LogP contribution in [-0.4, -0.2) is 35.3 Å². The van der Waals surface area contributed by atoms with Crippen LogP contribution in [0.2, 0.25) is 5.02 Å². The van der Waals surface area contributed by atoms with Crippen LogP contribution in [0.1, 0.15) is 27.5 Å². The Hall–Kier alpha value is -3.56. The molecule has 10 heteroatoms. The minimum Gasteiger partial charge on any atom is -0.456 e. The SMILES string of the molecule is COC(=O)NC/C=C\c1nc(C(=O)OCc2cccc3c2c(Cl)cn3Cc2ccc(Br)cc2)co1. The Morgan fingerprint density at radius 2 is 2.03 bits per heavy atom. The molecule has 0 atom stereocenters. The Bertz CT molecular complexity index is 1380. The number of hydrogen-bond donors (Lipinski definition) is 1. The summed E-state index contributed by atoms with van der Waals surface area (Å²) in [5, 5.41) is 3.90. The van der Waals surface area contributed by atoms with Crippen molar-refractivity contribution >= 4 is 56.6 Å². The van der Waals surface area contributed by atoms with Crippen molar-refractivity contribution in [3.05, 3.63) is 93.2 Å². The number of ether oxygens (including phenoxy) is 2. The normalized spacial score (nSPS) is 11.2. The number of methoxy groups -OCH3 is 1. The van der Waals surface area contributed by atoms with E-state index in [1.807, 2.05) is 48.7 Å². The predicted molar refractivity (Wildman–Crippen MR) is 135 cm³/mol. The molecule has 1 amide bonds. The summed E-state index contributed by atoms with van der Waals surface area (Å²) in [5.74, 6) is -0.415. The number of carbonyl (C=O) groups excluding carboxylic acids is 2. The lowest BCUT2D eigenvalue weighted by molar-refractivity contribution is 0.0467. The number of nitrogens with one attached hydrogen (secondary N) is 1. The second-order valence-corrected chi connectivity index (χ2v) is 8.79. The number of aromatic nitrogens is 2. The van der Waals surface area contributed by atoms with Crippen LogP contribution < -0.4 is 5.32 Å². The third-order valence-corrected chi connectivity index (χ3v) is 5.93. The van der Waals surface area contributed by atoms with Crippen LogP contribution in [0.15, 0.2) is 69.9 Å². The lowest BCUT2D eigenvalue weighted by Crippen LogP contribution is -2.22. The van der Waals surface area contributed by atoms with Gasteiger partial charge in [-0.25, -0.2) is 14.6 Å². The first kappa shape index (κ1) is 24.6. The van der Waals surface area contributed by atoms with Crippen molar-refractivity contribution in [3.8, 4) is 0 Å². The smallest absolute Gasteiger partial charge is 0.407 e. The summed E-state index contributed by atoms with van der Waals surface area (Å²) in [6.07, 6.45) is 5.69. The molecule has 0 spiro atoms. The van der Waals surface area contributed by atoms with Gasteiger partial charge in [0.2, 0.25) is 5.89 Å². The maximum atomic E-state index is 12.5. The largest absolute Gasteiger partial charge is 0.456 e. The van der Waals surface area contributed by atoms with E-state index in [-0.39, 0.29) is 24.7 Å². The molecule has 2 aromatic heterocycles. The van der Waals surface area contributed by atoms with Gasteiger partial charge in [0.05, 0.1) is 17.6 Å². The lowest BCUT2D eigenvalue weighted by atomic mass is 10.1. The molecule has 4 rings (SSSR count). The zero-order valence-electron chi connectivity index (χ0n) is 18.7. The van der Waals surface area contributed by atoms with Gasteiger partial charge in [-0.05, 0) is 29.8 Å². The summed E-state index contributed by atoms with van der Waals surface area (Å²) in [6.45, 7) is 0.907. The standard InChI is InChI=1S/C25H21BrClN3O5/c1-33-25(32)28-11-3-6-22-29-20(15-34-22)24(31)35-14-17-4-2-5-21-23(17)19(27)13-30(21)12-16-7-9-18(26)10-8-16/h2-10,13,15H,11-12,14H2,1H3,(H,28,32)/b6-3-. The van der Waals surface area contributed by atoms with Gasteiger partial charge in [-0.15, -0.1) is 0 Å². The van der Waals surface area contributed by atoms with Crippen molar-refractivity contribution < 1.29 is 23.5 Å². The van der Waals surface area contributed by atoms with Gasteiger partial charge in [-0.1, -0.05) is 57.9 Å². The van der Waals surface area contributed by atoms with Crippen LogP contribution in [0.5, 0.6) is 0 Å². The van der Waals surface area contributed by atoms with Gasteiger partial charge in [0, 0.05) is 34.7 Å². The van der Waals surface area contributed by atoms with Gasteiger partial charge < -0.3 is 23.8 Å². The molecule has 0 fully saturated rings. The molecule has 2 heterocycles. The fourth-order valence-corrected chi connectivity index (χ4v) is 4.06. The number of carbonyl (C=O) groups is 2. The highest BCUT2D eigenvalue weighted by molar-refractivity contribution is 9.10. The highest BCUT2D eigenvalue weighted by atomic mass is 79.9. The molecular weight excluding hydrogens is 538 g/mol. The van der Waals surface area contributed by atoms with Gasteiger partial charge in [-0.3, -0.25) is 0 Å². The Labute approximate surface area is 214 Å². The minimum atomic E-state index is -0.622. The van der Waals surface area contributed by atoms with Gasteiger partial charge in [0.15, 0.2) is 5.69 Å². The second kappa shape index (κ2) is 11.2. The van der Waals surface area contributed by atoms with E-state index in [1.54, 1.807) is 6.08 Å². The molecule has 0 bridgehead atoms. The van der Waals surface area contributed by atoms with Crippen molar-refractivity contribution in [2.45, 2.75) is 13.2 Å².